The van der Waals surface area contributed by atoms with Crippen LogP contribution in [0.15, 0.2) is 71.1 Å². The molecule has 2 aliphatic heterocycles. The molecule has 0 aromatic heterocycles. The lowest BCUT2D eigenvalue weighted by atomic mass is 9.94. The van der Waals surface area contributed by atoms with Gasteiger partial charge in [-0.2, -0.15) is 0 Å². The Kier molecular flexibility index (Phi) is 6.28. The molecule has 2 aromatic carbocycles. The molecule has 2 unspecified atom stereocenters. The number of rotatable bonds is 9. The van der Waals surface area contributed by atoms with E-state index >= 15 is 4.39 Å². The van der Waals surface area contributed by atoms with Gasteiger partial charge in [-0.15, -0.1) is 10.2 Å². The number of hydrogen-bond donors (Lipinski definition) is 2. The van der Waals surface area contributed by atoms with Gasteiger partial charge in [0.2, 0.25) is 0 Å². The van der Waals surface area contributed by atoms with Crippen LogP contribution in [0.25, 0.3) is 16.7 Å². The molecule has 2 N–H and O–H groups in total. The van der Waals surface area contributed by atoms with E-state index in [2.05, 4.69) is 55.5 Å². The van der Waals surface area contributed by atoms with Gasteiger partial charge in [0.15, 0.2) is 5.82 Å². The van der Waals surface area contributed by atoms with E-state index in [0.29, 0.717) is 17.3 Å². The summed E-state index contributed by atoms with van der Waals surface area (Å²) in [7, 11) is -1.27. The molecule has 4 rings (SSSR count). The van der Waals surface area contributed by atoms with Gasteiger partial charge in [0.25, 0.3) is 0 Å². The van der Waals surface area contributed by atoms with Gasteiger partial charge in [-0.3, -0.25) is 0 Å². The third-order valence-corrected chi connectivity index (χ3v) is 9.23. The number of nitrogens with one attached hydrogen (secondary N) is 2. The first-order valence-electron chi connectivity index (χ1n) is 11.4. The lowest BCUT2D eigenvalue weighted by molar-refractivity contribution is 0.569. The monoisotopic (exact) mass is 466 g/mol. The zero-order chi connectivity index (χ0) is 23.9. The summed E-state index contributed by atoms with van der Waals surface area (Å²) in [4.78, 5) is 1.26. The van der Waals surface area contributed by atoms with Crippen molar-refractivity contribution >= 4 is 21.5 Å². The zero-order valence-electron chi connectivity index (χ0n) is 19.8. The van der Waals surface area contributed by atoms with E-state index in [1.54, 1.807) is 6.07 Å². The highest BCUT2D eigenvalue weighted by Crippen LogP contribution is 2.74. The first-order valence-corrected chi connectivity index (χ1v) is 13.2. The molecule has 0 amide bonds. The minimum absolute atomic E-state index is 0.00513. The van der Waals surface area contributed by atoms with Gasteiger partial charge in [-0.05, 0) is 73.1 Å². The Hall–Kier alpha value is -2.79. The number of halogens is 2. The van der Waals surface area contributed by atoms with Crippen molar-refractivity contribution in [2.24, 2.45) is 0 Å². The Morgan fingerprint density at radius 1 is 1.15 bits per heavy atom. The smallest absolute Gasteiger partial charge is 0.157 e. The van der Waals surface area contributed by atoms with Crippen LogP contribution in [-0.4, -0.2) is 11.8 Å². The summed E-state index contributed by atoms with van der Waals surface area (Å²) in [5.41, 5.74) is 5.52. The van der Waals surface area contributed by atoms with Gasteiger partial charge in [-0.1, -0.05) is 50.3 Å². The molecule has 0 radical (unpaired) electrons. The van der Waals surface area contributed by atoms with Crippen LogP contribution < -0.4 is 10.0 Å². The highest BCUT2D eigenvalue weighted by molar-refractivity contribution is 8.45. The average molecular weight is 467 g/mol. The topological polar surface area (TPSA) is 24.1 Å². The fourth-order valence-electron chi connectivity index (χ4n) is 4.51. The molecule has 0 fully saturated rings. The maximum Gasteiger partial charge on any atom is 0.157 e. The van der Waals surface area contributed by atoms with Crippen molar-refractivity contribution in [3.8, 4) is 11.1 Å². The quantitative estimate of drug-likeness (QED) is 0.364. The van der Waals surface area contributed by atoms with Crippen molar-refractivity contribution in [3.63, 3.8) is 0 Å². The molecular weight excluding hydrogens is 434 g/mol. The van der Waals surface area contributed by atoms with Crippen LogP contribution in [0.1, 0.15) is 44.7 Å². The van der Waals surface area contributed by atoms with E-state index in [4.69, 9.17) is 0 Å². The molecule has 2 nitrogen and oxygen atoms in total. The third kappa shape index (κ3) is 4.51. The standard InChI is InChI=1S/C28H32F2N2S/c1-7-8-19(4)31-21(6)20(5)24-10-9-22(14-18(24)3)27-25(29)11-12-26(28(27)30)32-33-15-17(2)13-23(33)16-33/h9-14,16,19,31-32H,5-8,15H2,1-4H3. The van der Waals surface area contributed by atoms with Crippen LogP contribution in [-0.2, 0) is 0 Å². The van der Waals surface area contributed by atoms with Crippen LogP contribution in [0.3, 0.4) is 0 Å². The Labute approximate surface area is 197 Å². The van der Waals surface area contributed by atoms with Crippen LogP contribution in [0.4, 0.5) is 14.5 Å². The van der Waals surface area contributed by atoms with Gasteiger partial charge >= 0.3 is 0 Å². The third-order valence-electron chi connectivity index (χ3n) is 6.25. The largest absolute Gasteiger partial charge is 0.383 e. The van der Waals surface area contributed by atoms with Gasteiger partial charge in [0.05, 0.1) is 11.3 Å². The minimum Gasteiger partial charge on any atom is -0.383 e. The van der Waals surface area contributed by atoms with E-state index < -0.39 is 21.8 Å². The maximum atomic E-state index is 15.5. The number of allylic oxidation sites excluding steroid dienone is 2. The first kappa shape index (κ1) is 23.4. The number of aryl methyl sites for hydroxylation is 1. The number of anilines is 1. The molecule has 0 bridgehead atoms. The van der Waals surface area contributed by atoms with Gasteiger partial charge in [0, 0.05) is 22.4 Å². The summed E-state index contributed by atoms with van der Waals surface area (Å²) in [6.45, 7) is 16.6. The average Bonchev–Trinajstić information content (AvgIpc) is 3.30. The molecule has 0 spiro atoms. The van der Waals surface area contributed by atoms with Crippen molar-refractivity contribution < 1.29 is 8.78 Å². The van der Waals surface area contributed by atoms with E-state index in [9.17, 15) is 4.39 Å². The molecule has 174 valence electrons. The second kappa shape index (κ2) is 8.86. The van der Waals surface area contributed by atoms with Crippen molar-refractivity contribution in [3.05, 3.63) is 93.9 Å². The molecule has 33 heavy (non-hydrogen) atoms. The summed E-state index contributed by atoms with van der Waals surface area (Å²) in [5, 5.41) is 5.57. The van der Waals surface area contributed by atoms with Gasteiger partial charge in [0.1, 0.15) is 5.82 Å². The molecule has 0 saturated carbocycles. The SMILES string of the molecule is C=C(NC(C)CCC)C(=C)c1ccc(-c2c(F)ccc(NS34C=C3C=C(C)C4)c2F)cc1C. The highest BCUT2D eigenvalue weighted by atomic mass is 32.3. The zero-order valence-corrected chi connectivity index (χ0v) is 20.6. The van der Waals surface area contributed by atoms with Crippen LogP contribution in [0.2, 0.25) is 0 Å². The first-order chi connectivity index (χ1) is 15.6. The summed E-state index contributed by atoms with van der Waals surface area (Å²) < 4.78 is 33.7. The molecule has 0 saturated heterocycles. The van der Waals surface area contributed by atoms with E-state index in [1.807, 2.05) is 19.1 Å². The van der Waals surface area contributed by atoms with Crippen LogP contribution in [0.5, 0.6) is 0 Å². The predicted octanol–water partition coefficient (Wildman–Crippen LogP) is 8.19. The maximum absolute atomic E-state index is 15.5. The predicted molar refractivity (Wildman–Crippen MR) is 140 cm³/mol. The fraction of sp³-hybridized carbons (Fsp3) is 0.286. The van der Waals surface area contributed by atoms with E-state index in [-0.39, 0.29) is 5.56 Å². The van der Waals surface area contributed by atoms with E-state index in [0.717, 1.165) is 41.0 Å². The van der Waals surface area contributed by atoms with Crippen LogP contribution in [0, 0.1) is 18.6 Å². The lowest BCUT2D eigenvalue weighted by Crippen LogP contribution is -2.25. The summed E-state index contributed by atoms with van der Waals surface area (Å²) in [6, 6.07) is 8.61. The Morgan fingerprint density at radius 3 is 2.55 bits per heavy atom. The van der Waals surface area contributed by atoms with E-state index in [1.165, 1.54) is 22.6 Å². The molecule has 2 aliphatic rings. The molecule has 2 atom stereocenters. The van der Waals surface area contributed by atoms with Crippen molar-refractivity contribution in [2.45, 2.75) is 46.6 Å². The van der Waals surface area contributed by atoms with Crippen molar-refractivity contribution in [2.75, 3.05) is 10.5 Å². The van der Waals surface area contributed by atoms with Crippen molar-refractivity contribution in [1.29, 1.82) is 0 Å². The molecule has 2 aromatic rings. The summed E-state index contributed by atoms with van der Waals surface area (Å²) in [5.74, 6) is -0.216. The van der Waals surface area contributed by atoms with Gasteiger partial charge in [-0.25, -0.2) is 8.78 Å². The lowest BCUT2D eigenvalue weighted by Gasteiger charge is -2.24. The number of fused-ring (bicyclic) bond motifs is 1. The molecule has 2 heterocycles. The number of benzene rings is 2. The molecule has 5 heteroatoms. The Balaban J connectivity index is 1.58. The Morgan fingerprint density at radius 2 is 1.91 bits per heavy atom. The summed E-state index contributed by atoms with van der Waals surface area (Å²) in [6.07, 6.45) is 4.29. The van der Waals surface area contributed by atoms with Crippen LogP contribution >= 0.6 is 10.2 Å². The minimum atomic E-state index is -1.27. The molecule has 0 aliphatic carbocycles. The molecular formula is C28H32F2N2S. The number of hydrogen-bond acceptors (Lipinski definition) is 2. The summed E-state index contributed by atoms with van der Waals surface area (Å²) >= 11 is 0. The normalized spacial score (nSPS) is 21.3. The fourth-order valence-corrected chi connectivity index (χ4v) is 7.54. The second-order valence-corrected chi connectivity index (χ2v) is 11.9. The van der Waals surface area contributed by atoms with Gasteiger partial charge < -0.3 is 10.0 Å². The van der Waals surface area contributed by atoms with Crippen molar-refractivity contribution in [1.82, 2.24) is 5.32 Å². The highest BCUT2D eigenvalue weighted by Gasteiger charge is 2.42. The Bertz CT molecular complexity index is 1210. The second-order valence-electron chi connectivity index (χ2n) is 9.16.